The molecule has 1 amide bonds. The number of hydrogen-bond acceptors (Lipinski definition) is 2. The molecule has 20 heavy (non-hydrogen) atoms. The first-order valence-electron chi connectivity index (χ1n) is 7.89. The molecule has 3 nitrogen and oxygen atoms in total. The summed E-state index contributed by atoms with van der Waals surface area (Å²) in [4.78, 5) is 13.7. The fourth-order valence-corrected chi connectivity index (χ4v) is 3.26. The van der Waals surface area contributed by atoms with Gasteiger partial charge in [0.05, 0.1) is 0 Å². The molecule has 1 aromatic rings. The predicted octanol–water partition coefficient (Wildman–Crippen LogP) is 3.80. The van der Waals surface area contributed by atoms with Crippen molar-refractivity contribution in [3.05, 3.63) is 24.3 Å². The first kappa shape index (κ1) is 13.5. The zero-order valence-corrected chi connectivity index (χ0v) is 12.3. The van der Waals surface area contributed by atoms with E-state index in [2.05, 4.69) is 24.4 Å². The summed E-state index contributed by atoms with van der Waals surface area (Å²) in [6, 6.07) is 8.79. The van der Waals surface area contributed by atoms with Crippen LogP contribution in [0.15, 0.2) is 24.3 Å². The van der Waals surface area contributed by atoms with E-state index >= 15 is 0 Å². The molecule has 3 heteroatoms. The van der Waals surface area contributed by atoms with Crippen molar-refractivity contribution in [3.63, 3.8) is 0 Å². The lowest BCUT2D eigenvalue weighted by Crippen LogP contribution is -2.25. The van der Waals surface area contributed by atoms with Crippen LogP contribution in [-0.2, 0) is 4.79 Å². The average Bonchev–Trinajstić information content (AvgIpc) is 2.81. The van der Waals surface area contributed by atoms with Crippen LogP contribution in [0.25, 0.3) is 0 Å². The SMILES string of the molecule is CC(CC1CCC1)Nc1cccc(N2CCCC2=O)c1. The topological polar surface area (TPSA) is 32.3 Å². The van der Waals surface area contributed by atoms with E-state index in [0.717, 1.165) is 30.3 Å². The first-order valence-corrected chi connectivity index (χ1v) is 7.89. The summed E-state index contributed by atoms with van der Waals surface area (Å²) < 4.78 is 0. The number of hydrogen-bond donors (Lipinski definition) is 1. The van der Waals surface area contributed by atoms with Gasteiger partial charge in [-0.3, -0.25) is 4.79 Å². The van der Waals surface area contributed by atoms with Crippen LogP contribution in [0, 0.1) is 5.92 Å². The highest BCUT2D eigenvalue weighted by Crippen LogP contribution is 2.31. The largest absolute Gasteiger partial charge is 0.383 e. The number of nitrogens with one attached hydrogen (secondary N) is 1. The number of carbonyl (C=O) groups is 1. The molecule has 1 N–H and O–H groups in total. The summed E-state index contributed by atoms with van der Waals surface area (Å²) in [5, 5.41) is 3.58. The van der Waals surface area contributed by atoms with E-state index in [4.69, 9.17) is 0 Å². The number of carbonyl (C=O) groups excluding carboxylic acids is 1. The van der Waals surface area contributed by atoms with Crippen molar-refractivity contribution < 1.29 is 4.79 Å². The fourth-order valence-electron chi connectivity index (χ4n) is 3.26. The molecule has 2 fully saturated rings. The molecule has 0 spiro atoms. The van der Waals surface area contributed by atoms with Crippen LogP contribution in [-0.4, -0.2) is 18.5 Å². The van der Waals surface area contributed by atoms with E-state index in [9.17, 15) is 4.79 Å². The highest BCUT2D eigenvalue weighted by Gasteiger charge is 2.22. The molecule has 0 aromatic heterocycles. The van der Waals surface area contributed by atoms with E-state index in [1.807, 2.05) is 17.0 Å². The summed E-state index contributed by atoms with van der Waals surface area (Å²) in [6.45, 7) is 3.12. The number of nitrogens with zero attached hydrogens (tertiary/aromatic N) is 1. The summed E-state index contributed by atoms with van der Waals surface area (Å²) in [5.41, 5.74) is 2.17. The summed E-state index contributed by atoms with van der Waals surface area (Å²) >= 11 is 0. The van der Waals surface area contributed by atoms with Gasteiger partial charge in [0, 0.05) is 30.4 Å². The van der Waals surface area contributed by atoms with Crippen LogP contribution in [0.3, 0.4) is 0 Å². The summed E-state index contributed by atoms with van der Waals surface area (Å²) in [7, 11) is 0. The molecule has 1 aliphatic carbocycles. The lowest BCUT2D eigenvalue weighted by molar-refractivity contribution is -0.117. The Balaban J connectivity index is 1.62. The van der Waals surface area contributed by atoms with Gasteiger partial charge in [0.2, 0.25) is 5.91 Å². The van der Waals surface area contributed by atoms with Crippen molar-refractivity contribution in [2.75, 3.05) is 16.8 Å². The van der Waals surface area contributed by atoms with Crippen molar-refractivity contribution in [3.8, 4) is 0 Å². The molecule has 1 saturated heterocycles. The molecule has 2 aliphatic rings. The van der Waals surface area contributed by atoms with Crippen molar-refractivity contribution in [1.29, 1.82) is 0 Å². The standard InChI is InChI=1S/C17H24N2O/c1-13(11-14-5-2-6-14)18-15-7-3-8-16(12-15)19-10-4-9-17(19)20/h3,7-8,12-14,18H,2,4-6,9-11H2,1H3. The quantitative estimate of drug-likeness (QED) is 0.884. The number of amides is 1. The van der Waals surface area contributed by atoms with Gasteiger partial charge in [-0.15, -0.1) is 0 Å². The maximum absolute atomic E-state index is 11.8. The number of anilines is 2. The molecule has 0 radical (unpaired) electrons. The maximum Gasteiger partial charge on any atom is 0.227 e. The Kier molecular flexibility index (Phi) is 3.95. The Morgan fingerprint density at radius 3 is 2.85 bits per heavy atom. The number of benzene rings is 1. The Bertz CT molecular complexity index is 482. The second kappa shape index (κ2) is 5.86. The van der Waals surface area contributed by atoms with Crippen molar-refractivity contribution in [2.45, 2.75) is 51.5 Å². The van der Waals surface area contributed by atoms with Crippen LogP contribution in [0.2, 0.25) is 0 Å². The predicted molar refractivity (Wildman–Crippen MR) is 83.1 cm³/mol. The van der Waals surface area contributed by atoms with Gasteiger partial charge < -0.3 is 10.2 Å². The molecule has 0 bridgehead atoms. The minimum atomic E-state index is 0.254. The second-order valence-electron chi connectivity index (χ2n) is 6.28. The number of rotatable bonds is 5. The third kappa shape index (κ3) is 2.97. The van der Waals surface area contributed by atoms with Gasteiger partial charge in [-0.25, -0.2) is 0 Å². The van der Waals surface area contributed by atoms with Crippen LogP contribution in [0.5, 0.6) is 0 Å². The normalized spacial score (nSPS) is 20.9. The van der Waals surface area contributed by atoms with E-state index in [-0.39, 0.29) is 5.91 Å². The highest BCUT2D eigenvalue weighted by molar-refractivity contribution is 5.95. The van der Waals surface area contributed by atoms with Gasteiger partial charge in [-0.2, -0.15) is 0 Å². The van der Waals surface area contributed by atoms with E-state index < -0.39 is 0 Å². The monoisotopic (exact) mass is 272 g/mol. The molecule has 1 aromatic carbocycles. The zero-order valence-electron chi connectivity index (χ0n) is 12.3. The molecule has 108 valence electrons. The lowest BCUT2D eigenvalue weighted by atomic mass is 9.81. The maximum atomic E-state index is 11.8. The third-order valence-corrected chi connectivity index (χ3v) is 4.56. The first-order chi connectivity index (χ1) is 9.72. The molecule has 1 unspecified atom stereocenters. The minimum Gasteiger partial charge on any atom is -0.383 e. The van der Waals surface area contributed by atoms with E-state index in [1.165, 1.54) is 25.7 Å². The second-order valence-corrected chi connectivity index (χ2v) is 6.28. The molecule has 1 saturated carbocycles. The van der Waals surface area contributed by atoms with Crippen LogP contribution in [0.4, 0.5) is 11.4 Å². The van der Waals surface area contributed by atoms with Gasteiger partial charge in [0.1, 0.15) is 0 Å². The smallest absolute Gasteiger partial charge is 0.227 e. The van der Waals surface area contributed by atoms with Gasteiger partial charge in [0.25, 0.3) is 0 Å². The summed E-state index contributed by atoms with van der Waals surface area (Å²) in [6.07, 6.45) is 7.13. The van der Waals surface area contributed by atoms with Gasteiger partial charge in [0.15, 0.2) is 0 Å². The zero-order chi connectivity index (χ0) is 13.9. The van der Waals surface area contributed by atoms with Gasteiger partial charge in [-0.05, 0) is 43.9 Å². The Hall–Kier alpha value is -1.51. The summed E-state index contributed by atoms with van der Waals surface area (Å²) in [5.74, 6) is 1.17. The van der Waals surface area contributed by atoms with Gasteiger partial charge >= 0.3 is 0 Å². The Morgan fingerprint density at radius 1 is 1.35 bits per heavy atom. The minimum absolute atomic E-state index is 0.254. The van der Waals surface area contributed by atoms with Crippen LogP contribution in [0.1, 0.15) is 45.4 Å². The van der Waals surface area contributed by atoms with Crippen molar-refractivity contribution in [2.24, 2.45) is 5.92 Å². The Labute approximate surface area is 121 Å². The highest BCUT2D eigenvalue weighted by atomic mass is 16.2. The molecular weight excluding hydrogens is 248 g/mol. The molecule has 1 aliphatic heterocycles. The Morgan fingerprint density at radius 2 is 2.20 bits per heavy atom. The van der Waals surface area contributed by atoms with E-state index in [0.29, 0.717) is 12.5 Å². The lowest BCUT2D eigenvalue weighted by Gasteiger charge is -2.29. The molecular formula is C17H24N2O. The molecule has 1 heterocycles. The fraction of sp³-hybridized carbons (Fsp3) is 0.588. The van der Waals surface area contributed by atoms with Crippen LogP contribution >= 0.6 is 0 Å². The van der Waals surface area contributed by atoms with Gasteiger partial charge in [-0.1, -0.05) is 25.3 Å². The van der Waals surface area contributed by atoms with Crippen molar-refractivity contribution >= 4 is 17.3 Å². The van der Waals surface area contributed by atoms with Crippen LogP contribution < -0.4 is 10.2 Å². The molecule has 3 rings (SSSR count). The third-order valence-electron chi connectivity index (χ3n) is 4.56. The molecule has 1 atom stereocenters. The van der Waals surface area contributed by atoms with Crippen molar-refractivity contribution in [1.82, 2.24) is 0 Å². The van der Waals surface area contributed by atoms with E-state index in [1.54, 1.807) is 0 Å². The average molecular weight is 272 g/mol.